The van der Waals surface area contributed by atoms with Crippen LogP contribution in [-0.2, 0) is 0 Å². The van der Waals surface area contributed by atoms with Crippen molar-refractivity contribution in [2.45, 2.75) is 32.7 Å². The van der Waals surface area contributed by atoms with Crippen molar-refractivity contribution in [1.82, 2.24) is 5.32 Å². The summed E-state index contributed by atoms with van der Waals surface area (Å²) in [6.07, 6.45) is 0.550. The predicted molar refractivity (Wildman–Crippen MR) is 78.5 cm³/mol. The fraction of sp³-hybridized carbons (Fsp3) is 0.400. The van der Waals surface area contributed by atoms with Gasteiger partial charge in [0, 0.05) is 28.8 Å². The van der Waals surface area contributed by atoms with Gasteiger partial charge in [-0.1, -0.05) is 12.1 Å². The van der Waals surface area contributed by atoms with Gasteiger partial charge >= 0.3 is 0 Å². The Morgan fingerprint density at radius 3 is 2.78 bits per heavy atom. The molecule has 0 aliphatic heterocycles. The molecule has 0 atom stereocenters. The van der Waals surface area contributed by atoms with E-state index in [2.05, 4.69) is 38.2 Å². The second-order valence-electron chi connectivity index (χ2n) is 5.49. The molecule has 96 valence electrons. The van der Waals surface area contributed by atoms with Crippen molar-refractivity contribution >= 4 is 27.2 Å². The van der Waals surface area contributed by atoms with Crippen LogP contribution in [0, 0.1) is 0 Å². The number of hydrogen-bond donors (Lipinski definition) is 1. The van der Waals surface area contributed by atoms with Crippen molar-refractivity contribution in [3.63, 3.8) is 0 Å². The maximum absolute atomic E-state index is 12.2. The highest BCUT2D eigenvalue weighted by molar-refractivity contribution is 7.17. The van der Waals surface area contributed by atoms with Crippen molar-refractivity contribution in [1.29, 1.82) is 0 Å². The van der Waals surface area contributed by atoms with Crippen molar-refractivity contribution in [2.75, 3.05) is 6.54 Å². The van der Waals surface area contributed by atoms with Gasteiger partial charge < -0.3 is 5.32 Å². The van der Waals surface area contributed by atoms with Crippen LogP contribution in [0.3, 0.4) is 0 Å². The second-order valence-corrected chi connectivity index (χ2v) is 6.41. The minimum absolute atomic E-state index is 0.0647. The van der Waals surface area contributed by atoms with E-state index in [9.17, 15) is 4.79 Å². The molecule has 0 fully saturated rings. The van der Waals surface area contributed by atoms with Gasteiger partial charge in [-0.3, -0.25) is 4.79 Å². The van der Waals surface area contributed by atoms with Crippen LogP contribution >= 0.6 is 11.3 Å². The SMILES string of the molecule is CC(C)(C)NCCC(=O)c1cccc2ccsc12. The van der Waals surface area contributed by atoms with Gasteiger partial charge in [-0.05, 0) is 43.7 Å². The highest BCUT2D eigenvalue weighted by Crippen LogP contribution is 2.25. The lowest BCUT2D eigenvalue weighted by atomic mass is 10.1. The molecule has 0 radical (unpaired) electrons. The molecule has 1 aromatic carbocycles. The van der Waals surface area contributed by atoms with Gasteiger partial charge in [0.25, 0.3) is 0 Å². The first kappa shape index (κ1) is 13.2. The number of thiophene rings is 1. The standard InChI is InChI=1S/C15H19NOS/c1-15(2,3)16-9-7-13(17)12-6-4-5-11-8-10-18-14(11)12/h4-6,8,10,16H,7,9H2,1-3H3. The normalized spacial score (nSPS) is 11.9. The molecule has 0 saturated heterocycles. The monoisotopic (exact) mass is 261 g/mol. The maximum Gasteiger partial charge on any atom is 0.165 e. The smallest absolute Gasteiger partial charge is 0.165 e. The van der Waals surface area contributed by atoms with Gasteiger partial charge in [0.2, 0.25) is 0 Å². The van der Waals surface area contributed by atoms with Crippen molar-refractivity contribution in [3.05, 3.63) is 35.2 Å². The van der Waals surface area contributed by atoms with Gasteiger partial charge in [0.15, 0.2) is 5.78 Å². The largest absolute Gasteiger partial charge is 0.312 e. The zero-order valence-corrected chi connectivity index (χ0v) is 11.9. The van der Waals surface area contributed by atoms with Crippen LogP contribution in [0.15, 0.2) is 29.6 Å². The Balaban J connectivity index is 2.07. The summed E-state index contributed by atoms with van der Waals surface area (Å²) in [6.45, 7) is 7.05. The topological polar surface area (TPSA) is 29.1 Å². The molecule has 1 N–H and O–H groups in total. The Labute approximate surface area is 112 Å². The zero-order valence-electron chi connectivity index (χ0n) is 11.1. The third kappa shape index (κ3) is 3.18. The van der Waals surface area contributed by atoms with Crippen LogP contribution in [0.2, 0.25) is 0 Å². The molecule has 2 rings (SSSR count). The zero-order chi connectivity index (χ0) is 13.2. The number of rotatable bonds is 4. The Morgan fingerprint density at radius 1 is 1.28 bits per heavy atom. The Hall–Kier alpha value is -1.19. The van der Waals surface area contributed by atoms with Gasteiger partial charge in [-0.15, -0.1) is 11.3 Å². The fourth-order valence-electron chi connectivity index (χ4n) is 1.90. The lowest BCUT2D eigenvalue weighted by Crippen LogP contribution is -2.37. The predicted octanol–water partition coefficient (Wildman–Crippen LogP) is 3.86. The molecule has 0 aliphatic carbocycles. The van der Waals surface area contributed by atoms with E-state index >= 15 is 0 Å². The van der Waals surface area contributed by atoms with Crippen molar-refractivity contribution in [2.24, 2.45) is 0 Å². The highest BCUT2D eigenvalue weighted by Gasteiger charge is 2.13. The van der Waals surface area contributed by atoms with E-state index in [0.29, 0.717) is 6.42 Å². The minimum Gasteiger partial charge on any atom is -0.312 e. The summed E-state index contributed by atoms with van der Waals surface area (Å²) in [6, 6.07) is 8.00. The molecule has 0 aliphatic rings. The average Bonchev–Trinajstić information content (AvgIpc) is 2.74. The molecule has 0 spiro atoms. The number of benzene rings is 1. The minimum atomic E-state index is 0.0647. The molecule has 3 heteroatoms. The maximum atomic E-state index is 12.2. The summed E-state index contributed by atoms with van der Waals surface area (Å²) >= 11 is 1.64. The molecular weight excluding hydrogens is 242 g/mol. The molecule has 0 unspecified atom stereocenters. The third-order valence-electron chi connectivity index (χ3n) is 2.79. The van der Waals surface area contributed by atoms with E-state index < -0.39 is 0 Å². The summed E-state index contributed by atoms with van der Waals surface area (Å²) in [5.74, 6) is 0.222. The Morgan fingerprint density at radius 2 is 2.06 bits per heavy atom. The number of ketones is 1. The van der Waals surface area contributed by atoms with Crippen LogP contribution in [0.4, 0.5) is 0 Å². The van der Waals surface area contributed by atoms with E-state index in [1.54, 1.807) is 11.3 Å². The quantitative estimate of drug-likeness (QED) is 0.847. The van der Waals surface area contributed by atoms with Crippen LogP contribution in [-0.4, -0.2) is 17.9 Å². The van der Waals surface area contributed by atoms with E-state index in [1.165, 1.54) is 0 Å². The van der Waals surface area contributed by atoms with E-state index in [4.69, 9.17) is 0 Å². The Kier molecular flexibility index (Phi) is 3.83. The fourth-order valence-corrected chi connectivity index (χ4v) is 2.83. The van der Waals surface area contributed by atoms with Crippen LogP contribution < -0.4 is 5.32 Å². The first-order valence-corrected chi connectivity index (χ1v) is 7.10. The highest BCUT2D eigenvalue weighted by atomic mass is 32.1. The lowest BCUT2D eigenvalue weighted by molar-refractivity contribution is 0.0982. The van der Waals surface area contributed by atoms with E-state index in [0.717, 1.165) is 22.2 Å². The lowest BCUT2D eigenvalue weighted by Gasteiger charge is -2.20. The average molecular weight is 261 g/mol. The Bertz CT molecular complexity index is 551. The van der Waals surface area contributed by atoms with Crippen molar-refractivity contribution < 1.29 is 4.79 Å². The van der Waals surface area contributed by atoms with E-state index in [1.807, 2.05) is 17.5 Å². The molecular formula is C15H19NOS. The number of fused-ring (bicyclic) bond motifs is 1. The third-order valence-corrected chi connectivity index (χ3v) is 3.75. The van der Waals surface area contributed by atoms with Gasteiger partial charge in [-0.25, -0.2) is 0 Å². The van der Waals surface area contributed by atoms with Crippen LogP contribution in [0.1, 0.15) is 37.6 Å². The summed E-state index contributed by atoms with van der Waals surface area (Å²) in [5.41, 5.74) is 0.924. The van der Waals surface area contributed by atoms with Crippen LogP contribution in [0.5, 0.6) is 0 Å². The number of Topliss-reactive ketones (excluding diaryl/α,β-unsaturated/α-hetero) is 1. The summed E-state index contributed by atoms with van der Waals surface area (Å²) in [4.78, 5) is 12.2. The van der Waals surface area contributed by atoms with Crippen molar-refractivity contribution in [3.8, 4) is 0 Å². The molecule has 2 aromatic rings. The molecule has 18 heavy (non-hydrogen) atoms. The molecule has 1 aromatic heterocycles. The molecule has 0 saturated carbocycles. The van der Waals surface area contributed by atoms with Crippen LogP contribution in [0.25, 0.3) is 10.1 Å². The first-order chi connectivity index (χ1) is 8.47. The van der Waals surface area contributed by atoms with Gasteiger partial charge in [-0.2, -0.15) is 0 Å². The summed E-state index contributed by atoms with van der Waals surface area (Å²) in [5, 5.41) is 6.55. The number of carbonyl (C=O) groups is 1. The summed E-state index contributed by atoms with van der Waals surface area (Å²) < 4.78 is 1.11. The van der Waals surface area contributed by atoms with Gasteiger partial charge in [0.05, 0.1) is 0 Å². The second kappa shape index (κ2) is 5.21. The molecule has 0 bridgehead atoms. The van der Waals surface area contributed by atoms with Gasteiger partial charge in [0.1, 0.15) is 0 Å². The molecule has 1 heterocycles. The molecule has 0 amide bonds. The molecule has 2 nitrogen and oxygen atoms in total. The van der Waals surface area contributed by atoms with E-state index in [-0.39, 0.29) is 11.3 Å². The first-order valence-electron chi connectivity index (χ1n) is 6.22. The number of carbonyl (C=O) groups excluding carboxylic acids is 1. The summed E-state index contributed by atoms with van der Waals surface area (Å²) in [7, 11) is 0. The number of nitrogens with one attached hydrogen (secondary N) is 1. The number of hydrogen-bond acceptors (Lipinski definition) is 3.